The highest BCUT2D eigenvalue weighted by Gasteiger charge is 2.41. The van der Waals surface area contributed by atoms with Gasteiger partial charge in [0.2, 0.25) is 10.0 Å². The van der Waals surface area contributed by atoms with Crippen LogP contribution in [-0.4, -0.2) is 28.7 Å². The minimum atomic E-state index is -3.97. The summed E-state index contributed by atoms with van der Waals surface area (Å²) in [5.41, 5.74) is 1.61. The predicted molar refractivity (Wildman–Crippen MR) is 108 cm³/mol. The molecule has 2 aromatic rings. The minimum Gasteiger partial charge on any atom is -0.289 e. The monoisotopic (exact) mass is 451 g/mol. The van der Waals surface area contributed by atoms with Gasteiger partial charge < -0.3 is 0 Å². The van der Waals surface area contributed by atoms with Gasteiger partial charge in [-0.05, 0) is 66.5 Å². The number of halogens is 1. The molecule has 2 saturated carbocycles. The molecule has 0 saturated heterocycles. The quantitative estimate of drug-likeness (QED) is 0.614. The number of hydrogen-bond acceptors (Lipinski definition) is 5. The summed E-state index contributed by atoms with van der Waals surface area (Å²) in [6.45, 7) is 0. The van der Waals surface area contributed by atoms with Gasteiger partial charge in [-0.3, -0.25) is 4.79 Å². The van der Waals surface area contributed by atoms with Crippen molar-refractivity contribution in [1.82, 2.24) is 4.72 Å². The molecule has 1 N–H and O–H groups in total. The highest BCUT2D eigenvalue weighted by molar-refractivity contribution is 8.13. The minimum absolute atomic E-state index is 0.0450. The summed E-state index contributed by atoms with van der Waals surface area (Å²) in [5.74, 6) is 0.594. The lowest BCUT2D eigenvalue weighted by Gasteiger charge is -2.22. The Morgan fingerprint density at radius 3 is 2.00 bits per heavy atom. The van der Waals surface area contributed by atoms with E-state index in [2.05, 4.69) is 4.72 Å². The van der Waals surface area contributed by atoms with Crippen LogP contribution in [0.4, 0.5) is 0 Å². The Kier molecular flexibility index (Phi) is 4.23. The van der Waals surface area contributed by atoms with Crippen molar-refractivity contribution >= 4 is 35.5 Å². The van der Waals surface area contributed by atoms with E-state index in [0.29, 0.717) is 23.0 Å². The van der Waals surface area contributed by atoms with Crippen molar-refractivity contribution in [3.8, 4) is 11.1 Å². The van der Waals surface area contributed by atoms with Crippen molar-refractivity contribution in [3.05, 3.63) is 47.5 Å². The number of fused-ring (bicyclic) bond motifs is 5. The number of carbonyl (C=O) groups excluding carboxylic acids is 1. The van der Waals surface area contributed by atoms with Crippen LogP contribution < -0.4 is 4.72 Å². The van der Waals surface area contributed by atoms with Crippen LogP contribution >= 0.6 is 10.7 Å². The zero-order chi connectivity index (χ0) is 20.6. The van der Waals surface area contributed by atoms with Crippen LogP contribution in [0.1, 0.15) is 41.6 Å². The number of benzene rings is 2. The summed E-state index contributed by atoms with van der Waals surface area (Å²) in [4.78, 5) is 12.7. The number of sulfonamides is 1. The number of hydrogen-bond donors (Lipinski definition) is 1. The summed E-state index contributed by atoms with van der Waals surface area (Å²) in [5, 5.41) is 0. The normalized spacial score (nSPS) is 25.3. The second kappa shape index (κ2) is 6.38. The Morgan fingerprint density at radius 2 is 1.45 bits per heavy atom. The number of nitrogens with one attached hydrogen (secondary N) is 1. The molecule has 3 atom stereocenters. The summed E-state index contributed by atoms with van der Waals surface area (Å²) in [6.07, 6.45) is 4.18. The zero-order valence-electron chi connectivity index (χ0n) is 15.3. The van der Waals surface area contributed by atoms with Gasteiger partial charge in [-0.1, -0.05) is 18.6 Å². The van der Waals surface area contributed by atoms with Crippen molar-refractivity contribution < 1.29 is 21.6 Å². The van der Waals surface area contributed by atoms with E-state index in [1.807, 2.05) is 0 Å². The molecule has 0 amide bonds. The maximum Gasteiger partial charge on any atom is 0.261 e. The van der Waals surface area contributed by atoms with Crippen molar-refractivity contribution in [1.29, 1.82) is 0 Å². The maximum atomic E-state index is 12.9. The fourth-order valence-electron chi connectivity index (χ4n) is 5.01. The Morgan fingerprint density at radius 1 is 0.828 bits per heavy atom. The summed E-state index contributed by atoms with van der Waals surface area (Å²) in [6, 6.07) is 8.52. The first-order valence-corrected chi connectivity index (χ1v) is 13.2. The van der Waals surface area contributed by atoms with Crippen LogP contribution in [0.2, 0.25) is 0 Å². The second-order valence-electron chi connectivity index (χ2n) is 8.08. The van der Waals surface area contributed by atoms with E-state index in [1.54, 1.807) is 6.07 Å². The van der Waals surface area contributed by atoms with E-state index < -0.39 is 24.9 Å². The van der Waals surface area contributed by atoms with Crippen LogP contribution in [0.15, 0.2) is 46.2 Å². The van der Waals surface area contributed by atoms with E-state index >= 15 is 0 Å². The van der Waals surface area contributed by atoms with Crippen LogP contribution in [0.25, 0.3) is 11.1 Å². The molecule has 6 nitrogen and oxygen atoms in total. The van der Waals surface area contributed by atoms with Gasteiger partial charge in [0.05, 0.1) is 9.79 Å². The molecule has 0 spiro atoms. The van der Waals surface area contributed by atoms with Crippen molar-refractivity contribution in [3.63, 3.8) is 0 Å². The lowest BCUT2D eigenvalue weighted by atomic mass is 9.96. The van der Waals surface area contributed by atoms with Gasteiger partial charge in [0, 0.05) is 27.9 Å². The molecule has 0 radical (unpaired) electrons. The molecule has 3 aliphatic rings. The van der Waals surface area contributed by atoms with Crippen LogP contribution in [-0.2, 0) is 19.1 Å². The van der Waals surface area contributed by atoms with Crippen molar-refractivity contribution in [2.45, 2.75) is 41.5 Å². The second-order valence-corrected chi connectivity index (χ2v) is 12.4. The number of rotatable bonds is 4. The molecule has 2 fully saturated rings. The molecule has 2 aromatic carbocycles. The van der Waals surface area contributed by atoms with Gasteiger partial charge in [-0.25, -0.2) is 21.6 Å². The summed E-state index contributed by atoms with van der Waals surface area (Å²) in [7, 11) is -2.33. The largest absolute Gasteiger partial charge is 0.289 e. The van der Waals surface area contributed by atoms with Gasteiger partial charge in [0.1, 0.15) is 0 Å². The Balaban J connectivity index is 1.49. The first kappa shape index (κ1) is 19.2. The maximum absolute atomic E-state index is 12.9. The number of carbonyl (C=O) groups is 1. The van der Waals surface area contributed by atoms with E-state index in [-0.39, 0.29) is 27.0 Å². The molecule has 0 heterocycles. The average Bonchev–Trinajstić information content (AvgIpc) is 3.34. The third-order valence-corrected chi connectivity index (χ3v) is 9.24. The lowest BCUT2D eigenvalue weighted by Crippen LogP contribution is -2.38. The molecule has 3 unspecified atom stereocenters. The average molecular weight is 452 g/mol. The van der Waals surface area contributed by atoms with Gasteiger partial charge in [0.15, 0.2) is 5.78 Å². The fraction of sp³-hybridized carbons (Fsp3) is 0.350. The first-order valence-electron chi connectivity index (χ1n) is 9.44. The predicted octanol–water partition coefficient (Wildman–Crippen LogP) is 3.29. The topological polar surface area (TPSA) is 97.4 Å². The van der Waals surface area contributed by atoms with Gasteiger partial charge in [-0.2, -0.15) is 0 Å². The molecule has 152 valence electrons. The molecule has 29 heavy (non-hydrogen) atoms. The SMILES string of the molecule is O=C1c2cc(S(=O)(=O)Cl)ccc2-c2ccc(S(=O)(=O)NC3CC4CCC3C4)cc21. The fourth-order valence-corrected chi connectivity index (χ4v) is 7.13. The lowest BCUT2D eigenvalue weighted by molar-refractivity contribution is 0.104. The Bertz CT molecular complexity index is 1270. The highest BCUT2D eigenvalue weighted by Crippen LogP contribution is 2.45. The van der Waals surface area contributed by atoms with E-state index in [0.717, 1.165) is 19.3 Å². The third kappa shape index (κ3) is 3.13. The molecule has 0 aromatic heterocycles. The first-order chi connectivity index (χ1) is 13.6. The van der Waals surface area contributed by atoms with Gasteiger partial charge in [-0.15, -0.1) is 0 Å². The molecule has 5 rings (SSSR count). The van der Waals surface area contributed by atoms with Crippen LogP contribution in [0.5, 0.6) is 0 Å². The van der Waals surface area contributed by atoms with E-state index in [1.165, 1.54) is 36.8 Å². The summed E-state index contributed by atoms with van der Waals surface area (Å²) < 4.78 is 51.8. The smallest absolute Gasteiger partial charge is 0.261 e. The zero-order valence-corrected chi connectivity index (χ0v) is 17.6. The van der Waals surface area contributed by atoms with E-state index in [4.69, 9.17) is 10.7 Å². The van der Waals surface area contributed by atoms with Gasteiger partial charge in [0.25, 0.3) is 9.05 Å². The third-order valence-electron chi connectivity index (χ3n) is 6.40. The number of ketones is 1. The molecule has 9 heteroatoms. The standard InChI is InChI=1S/C20H18ClNO5S2/c21-28(24,25)13-3-5-15-16-6-4-14(10-18(16)20(23)17(15)9-13)29(26,27)22-19-8-11-1-2-12(19)7-11/h3-6,9-12,19,22H,1-2,7-8H2. The van der Waals surface area contributed by atoms with Crippen molar-refractivity contribution in [2.24, 2.45) is 11.8 Å². The summed E-state index contributed by atoms with van der Waals surface area (Å²) >= 11 is 0. The molecule has 3 aliphatic carbocycles. The molecular formula is C20H18ClNO5S2. The van der Waals surface area contributed by atoms with E-state index in [9.17, 15) is 21.6 Å². The van der Waals surface area contributed by atoms with Crippen molar-refractivity contribution in [2.75, 3.05) is 0 Å². The Labute approximate surface area is 173 Å². The molecule has 0 aliphatic heterocycles. The highest BCUT2D eigenvalue weighted by atomic mass is 35.7. The van der Waals surface area contributed by atoms with Crippen LogP contribution in [0, 0.1) is 11.8 Å². The Hall–Kier alpha value is -1.74. The molecular weight excluding hydrogens is 434 g/mol. The van der Waals surface area contributed by atoms with Gasteiger partial charge >= 0.3 is 0 Å². The molecule has 2 bridgehead atoms. The van der Waals surface area contributed by atoms with Crippen LogP contribution in [0.3, 0.4) is 0 Å².